The van der Waals surface area contributed by atoms with Crippen molar-refractivity contribution >= 4 is 83.4 Å². The number of alkyl carbamates (subject to hydrolysis) is 1. The number of carbonyl (C=O) groups is 3. The number of halogens is 1. The SMILES string of the molecule is B[PH]1(O)OCC2OC(N3c4nc(N)[nH]c(=O)c4NC3Br)C(OC(=O)NCCOCCOCCNC(=O)c3ccc(-c4c5ccc(=[N+](C)C)cc-5oc5cc(N(C)C)ccc45)c(C(=O)O)c3)[C@@H]2O1. The van der Waals surface area contributed by atoms with Crippen molar-refractivity contribution in [3.05, 3.63) is 81.4 Å². The number of rotatable bonds is 15. The van der Waals surface area contributed by atoms with Crippen molar-refractivity contribution in [1.82, 2.24) is 25.2 Å². The van der Waals surface area contributed by atoms with Crippen molar-refractivity contribution in [2.75, 3.05) is 95.2 Å². The van der Waals surface area contributed by atoms with Crippen molar-refractivity contribution in [2.45, 2.75) is 29.6 Å². The summed E-state index contributed by atoms with van der Waals surface area (Å²) in [7, 11) is 5.59. The number of alkyl halides is 1. The molecule has 5 aliphatic rings. The number of nitrogens with one attached hydrogen (secondary N) is 4. The number of carboxylic acid groups (broad SMARTS) is 1. The standard InChI is InChI=1S/C42H50BBrN9O13P/c1-51(2)22-6-9-25-28(18-22)63-29-19-23(52(3)4)7-10-26(29)31(25)24-8-5-21(17-27(24)39(56)57)36(54)46-11-13-60-15-16-61-14-12-47-42(58)65-34-33-30(20-62-67(43,59)66-33)64-38(34)53-35-32(48-40(53)44)37(55)50-41(45)49-35/h5-10,17-19,30,33-34,38,40,46,59,67H,11-16,20,43H2,1-4H3,(H5,45,47,50,54,55,56,57,58)/p+1/t30?,33-,34?,38?,40?/m1/s1. The molecule has 0 spiro atoms. The third-order valence-electron chi connectivity index (χ3n) is 11.3. The number of aromatic amines is 1. The zero-order valence-corrected chi connectivity index (χ0v) is 39.7. The van der Waals surface area contributed by atoms with E-state index < -0.39 is 61.0 Å². The molecule has 5 atom stereocenters. The van der Waals surface area contributed by atoms with Crippen molar-refractivity contribution in [3.8, 4) is 22.5 Å². The van der Waals surface area contributed by atoms with E-state index in [0.717, 1.165) is 22.0 Å². The summed E-state index contributed by atoms with van der Waals surface area (Å²) in [6, 6.07) is 16.2. The van der Waals surface area contributed by atoms with Crippen LogP contribution in [0.1, 0.15) is 20.7 Å². The number of nitrogens with two attached hydrogens (primary N) is 1. The van der Waals surface area contributed by atoms with Crippen LogP contribution in [0.4, 0.5) is 27.9 Å². The van der Waals surface area contributed by atoms with E-state index in [1.54, 1.807) is 17.0 Å². The van der Waals surface area contributed by atoms with Gasteiger partial charge in [-0.1, -0.05) is 6.07 Å². The first kappa shape index (κ1) is 47.6. The summed E-state index contributed by atoms with van der Waals surface area (Å²) in [5.41, 5.74) is 8.91. The van der Waals surface area contributed by atoms with Crippen LogP contribution >= 0.6 is 23.8 Å². The van der Waals surface area contributed by atoms with E-state index in [2.05, 4.69) is 41.8 Å². The monoisotopic (exact) mass is 1010 g/mol. The van der Waals surface area contributed by atoms with Gasteiger partial charge in [0.15, 0.2) is 0 Å². The average molecular weight is 1010 g/mol. The maximum atomic E-state index is 13.2. The minimum atomic E-state index is -3.56. The van der Waals surface area contributed by atoms with Crippen molar-refractivity contribution < 1.29 is 56.8 Å². The molecule has 1 aromatic heterocycles. The summed E-state index contributed by atoms with van der Waals surface area (Å²) in [6.07, 6.45) is -4.57. The Morgan fingerprint density at radius 1 is 1.04 bits per heavy atom. The number of hydrogen-bond donors (Lipinski definition) is 7. The molecule has 0 saturated carbocycles. The molecule has 4 aliphatic heterocycles. The second kappa shape index (κ2) is 19.8. The summed E-state index contributed by atoms with van der Waals surface area (Å²) >= 11 is 3.47. The Hall–Kier alpha value is -5.85. The Morgan fingerprint density at radius 2 is 1.78 bits per heavy atom. The van der Waals surface area contributed by atoms with Gasteiger partial charge in [0, 0.05) is 60.5 Å². The van der Waals surface area contributed by atoms with Crippen LogP contribution in [-0.4, -0.2) is 149 Å². The van der Waals surface area contributed by atoms with Gasteiger partial charge in [0.2, 0.25) is 5.36 Å². The molecular formula is C42H51BBrN9O13P+. The second-order valence-corrected chi connectivity index (χ2v) is 19.6. The number of nitrogens with zero attached hydrogens (tertiary/aromatic N) is 4. The van der Waals surface area contributed by atoms with E-state index in [1.165, 1.54) is 13.6 Å². The predicted molar refractivity (Wildman–Crippen MR) is 256 cm³/mol. The molecule has 2 fully saturated rings. The van der Waals surface area contributed by atoms with Gasteiger partial charge in [-0.2, -0.15) is 0 Å². The Balaban J connectivity index is 0.816. The summed E-state index contributed by atoms with van der Waals surface area (Å²) in [5.74, 6) is -1.05. The molecule has 67 heavy (non-hydrogen) atoms. The Bertz CT molecular complexity index is 2810. The molecule has 22 nitrogen and oxygen atoms in total. The van der Waals surface area contributed by atoms with Gasteiger partial charge >= 0.3 is 203 Å². The van der Waals surface area contributed by atoms with Crippen molar-refractivity contribution in [3.63, 3.8) is 0 Å². The molecule has 2 aromatic carbocycles. The zero-order valence-electron chi connectivity index (χ0n) is 37.2. The number of benzene rings is 3. The van der Waals surface area contributed by atoms with Crippen LogP contribution in [0.25, 0.3) is 33.4 Å². The number of H-pyrrole nitrogens is 1. The van der Waals surface area contributed by atoms with Crippen LogP contribution in [0.5, 0.6) is 0 Å². The van der Waals surface area contributed by atoms with Gasteiger partial charge in [0.05, 0.1) is 18.2 Å². The molecule has 1 aliphatic carbocycles. The van der Waals surface area contributed by atoms with Crippen LogP contribution in [0.2, 0.25) is 0 Å². The molecule has 0 bridgehead atoms. The van der Waals surface area contributed by atoms with Gasteiger partial charge in [0.1, 0.15) is 25.4 Å². The molecule has 8 N–H and O–H groups in total. The van der Waals surface area contributed by atoms with E-state index in [-0.39, 0.29) is 74.7 Å². The first-order chi connectivity index (χ1) is 32.0. The molecule has 8 rings (SSSR count). The first-order valence-electron chi connectivity index (χ1n) is 21.2. The van der Waals surface area contributed by atoms with Crippen molar-refractivity contribution in [2.24, 2.45) is 0 Å². The Kier molecular flexibility index (Phi) is 14.1. The zero-order chi connectivity index (χ0) is 47.7. The number of nitrogen functional groups attached to an aromatic ring is 1. The van der Waals surface area contributed by atoms with Gasteiger partial charge in [-0.25, -0.2) is 9.37 Å². The van der Waals surface area contributed by atoms with Gasteiger partial charge in [-0.3, -0.25) is 4.79 Å². The van der Waals surface area contributed by atoms with E-state index in [0.29, 0.717) is 22.5 Å². The molecule has 25 heteroatoms. The van der Waals surface area contributed by atoms with Gasteiger partial charge in [-0.15, -0.1) is 0 Å². The molecule has 356 valence electrons. The fourth-order valence-corrected chi connectivity index (χ4v) is 10.0. The second-order valence-electron chi connectivity index (χ2n) is 16.4. The number of amides is 2. The predicted octanol–water partition coefficient (Wildman–Crippen LogP) is 1.31. The third-order valence-corrected chi connectivity index (χ3v) is 13.3. The van der Waals surface area contributed by atoms with E-state index in [1.807, 2.05) is 74.1 Å². The van der Waals surface area contributed by atoms with E-state index in [4.69, 9.17) is 38.1 Å². The summed E-state index contributed by atoms with van der Waals surface area (Å²) < 4.78 is 42.9. The fraction of sp³-hybridized carbons (Fsp3) is 0.381. The van der Waals surface area contributed by atoms with E-state index >= 15 is 0 Å². The van der Waals surface area contributed by atoms with Crippen LogP contribution in [-0.2, 0) is 28.0 Å². The molecule has 0 radical (unpaired) electrons. The number of aromatic carboxylic acids is 1. The summed E-state index contributed by atoms with van der Waals surface area (Å²) in [6.45, 7) is 0.813. The van der Waals surface area contributed by atoms with Gasteiger partial charge < -0.3 is 19.7 Å². The van der Waals surface area contributed by atoms with Crippen LogP contribution in [0, 0.1) is 0 Å². The normalized spacial score (nSPS) is 21.0. The topological polar surface area (TPSA) is 278 Å². The number of hydrogen-bond acceptors (Lipinski definition) is 17. The first-order valence-corrected chi connectivity index (χ1v) is 24.4. The Morgan fingerprint density at radius 3 is 2.49 bits per heavy atom. The number of carboxylic acids is 1. The minimum absolute atomic E-state index is 0.0165. The molecule has 5 heterocycles. The van der Waals surface area contributed by atoms with Crippen molar-refractivity contribution in [1.29, 1.82) is 0 Å². The van der Waals surface area contributed by atoms with Crippen LogP contribution < -0.4 is 47.0 Å². The molecule has 4 unspecified atom stereocenters. The summed E-state index contributed by atoms with van der Waals surface area (Å²) in [4.78, 5) is 72.5. The number of ether oxygens (including phenoxy) is 4. The molecular weight excluding hydrogens is 960 g/mol. The van der Waals surface area contributed by atoms with Crippen LogP contribution in [0.15, 0.2) is 63.8 Å². The maximum absolute atomic E-state index is 13.2. The number of carbonyl (C=O) groups excluding carboxylic acids is 2. The number of fused-ring (bicyclic) bond motifs is 4. The molecule has 2 amide bonds. The van der Waals surface area contributed by atoms with E-state index in [9.17, 15) is 29.2 Å². The fourth-order valence-electron chi connectivity index (χ4n) is 8.04. The molecule has 2 saturated heterocycles. The Labute approximate surface area is 392 Å². The number of aromatic nitrogens is 2. The van der Waals surface area contributed by atoms with Gasteiger partial charge in [-0.05, 0) is 35.9 Å². The third kappa shape index (κ3) is 10.2. The quantitative estimate of drug-likeness (QED) is 0.0148. The van der Waals surface area contributed by atoms with Gasteiger partial charge in [0.25, 0.3) is 5.91 Å². The average Bonchev–Trinajstić information content (AvgIpc) is 3.79. The number of anilines is 4. The summed E-state index contributed by atoms with van der Waals surface area (Å²) in [5, 5.41) is 19.7. The van der Waals surface area contributed by atoms with Crippen LogP contribution in [0.3, 0.4) is 0 Å². The molecule has 3 aromatic rings.